The lowest BCUT2D eigenvalue weighted by atomic mass is 10.00. The van der Waals surface area contributed by atoms with Crippen LogP contribution in [0.4, 0.5) is 0 Å². The van der Waals surface area contributed by atoms with E-state index in [1.54, 1.807) is 7.11 Å². The fourth-order valence-electron chi connectivity index (χ4n) is 3.24. The van der Waals surface area contributed by atoms with Crippen molar-refractivity contribution in [1.29, 1.82) is 0 Å². The summed E-state index contributed by atoms with van der Waals surface area (Å²) < 4.78 is 11.3. The summed E-state index contributed by atoms with van der Waals surface area (Å²) in [5.74, 6) is 1.73. The molecule has 4 heteroatoms. The van der Waals surface area contributed by atoms with Crippen molar-refractivity contribution in [2.24, 2.45) is 0 Å². The van der Waals surface area contributed by atoms with Crippen molar-refractivity contribution >= 4 is 11.0 Å². The first-order chi connectivity index (χ1) is 10.2. The first kappa shape index (κ1) is 14.4. The molecule has 1 fully saturated rings. The van der Waals surface area contributed by atoms with Gasteiger partial charge in [0.1, 0.15) is 5.76 Å². The smallest absolute Gasteiger partial charge is 0.176 e. The van der Waals surface area contributed by atoms with Crippen LogP contribution in [0.3, 0.4) is 0 Å². The molecule has 1 aromatic carbocycles. The van der Waals surface area contributed by atoms with Gasteiger partial charge in [-0.05, 0) is 38.8 Å². The molecule has 2 heterocycles. The Morgan fingerprint density at radius 3 is 2.76 bits per heavy atom. The largest absolute Gasteiger partial charge is 0.493 e. The maximum absolute atomic E-state index is 5.94. The molecule has 2 aromatic rings. The third-order valence-electron chi connectivity index (χ3n) is 4.41. The number of furan rings is 1. The van der Waals surface area contributed by atoms with Gasteiger partial charge in [0.15, 0.2) is 11.3 Å². The van der Waals surface area contributed by atoms with Crippen molar-refractivity contribution in [2.75, 3.05) is 7.11 Å². The molecule has 0 amide bonds. The van der Waals surface area contributed by atoms with Gasteiger partial charge in [-0.15, -0.1) is 0 Å². The minimum atomic E-state index is 0.577. The number of fused-ring (bicyclic) bond motifs is 1. The zero-order valence-electron chi connectivity index (χ0n) is 13.1. The molecule has 3 rings (SSSR count). The van der Waals surface area contributed by atoms with Gasteiger partial charge in [0.05, 0.1) is 13.7 Å². The van der Waals surface area contributed by atoms with E-state index in [9.17, 15) is 0 Å². The Morgan fingerprint density at radius 1 is 1.29 bits per heavy atom. The predicted molar refractivity (Wildman–Crippen MR) is 84.2 cm³/mol. The van der Waals surface area contributed by atoms with E-state index in [1.165, 1.54) is 19.3 Å². The molecule has 0 aliphatic carbocycles. The maximum Gasteiger partial charge on any atom is 0.176 e. The number of methoxy groups -OCH3 is 1. The molecule has 0 saturated carbocycles. The molecule has 1 saturated heterocycles. The molecular weight excluding hydrogens is 264 g/mol. The Balaban J connectivity index is 1.73. The lowest BCUT2D eigenvalue weighted by Crippen LogP contribution is -2.51. The Bertz CT molecular complexity index is 598. The van der Waals surface area contributed by atoms with Gasteiger partial charge in [-0.1, -0.05) is 18.6 Å². The van der Waals surface area contributed by atoms with Crippen LogP contribution in [0.2, 0.25) is 0 Å². The van der Waals surface area contributed by atoms with E-state index in [2.05, 4.69) is 36.4 Å². The summed E-state index contributed by atoms with van der Waals surface area (Å²) in [6.07, 6.45) is 3.83. The van der Waals surface area contributed by atoms with Crippen LogP contribution < -0.4 is 10.2 Å². The minimum Gasteiger partial charge on any atom is -0.493 e. The van der Waals surface area contributed by atoms with Gasteiger partial charge in [-0.2, -0.15) is 0 Å². The summed E-state index contributed by atoms with van der Waals surface area (Å²) in [5.41, 5.74) is 4.36. The van der Waals surface area contributed by atoms with Crippen LogP contribution in [0.1, 0.15) is 38.9 Å². The topological polar surface area (TPSA) is 37.6 Å². The first-order valence-corrected chi connectivity index (χ1v) is 7.76. The molecule has 0 spiro atoms. The highest BCUT2D eigenvalue weighted by molar-refractivity contribution is 5.83. The fourth-order valence-corrected chi connectivity index (χ4v) is 3.24. The monoisotopic (exact) mass is 288 g/mol. The number of benzene rings is 1. The van der Waals surface area contributed by atoms with Crippen molar-refractivity contribution < 1.29 is 9.15 Å². The molecule has 0 radical (unpaired) electrons. The van der Waals surface area contributed by atoms with E-state index in [1.807, 2.05) is 12.1 Å². The van der Waals surface area contributed by atoms with Crippen LogP contribution in [0.15, 0.2) is 28.7 Å². The molecule has 4 nitrogen and oxygen atoms in total. The second-order valence-electron chi connectivity index (χ2n) is 5.96. The van der Waals surface area contributed by atoms with Crippen molar-refractivity contribution in [2.45, 2.75) is 51.7 Å². The van der Waals surface area contributed by atoms with E-state index in [-0.39, 0.29) is 0 Å². The molecule has 114 valence electrons. The highest BCUT2D eigenvalue weighted by atomic mass is 16.5. The summed E-state index contributed by atoms with van der Waals surface area (Å²) in [6, 6.07) is 9.21. The molecule has 2 atom stereocenters. The molecule has 1 N–H and O–H groups in total. The number of para-hydroxylation sites is 1. The molecular formula is C17H24N2O2. The van der Waals surface area contributed by atoms with Gasteiger partial charge < -0.3 is 9.15 Å². The van der Waals surface area contributed by atoms with Crippen molar-refractivity contribution in [1.82, 2.24) is 10.4 Å². The van der Waals surface area contributed by atoms with E-state index < -0.39 is 0 Å². The van der Waals surface area contributed by atoms with Crippen LogP contribution >= 0.6 is 0 Å². The van der Waals surface area contributed by atoms with E-state index >= 15 is 0 Å². The van der Waals surface area contributed by atoms with Gasteiger partial charge in [0.25, 0.3) is 0 Å². The lowest BCUT2D eigenvalue weighted by Gasteiger charge is -2.38. The normalized spacial score (nSPS) is 23.6. The Morgan fingerprint density at radius 2 is 2.05 bits per heavy atom. The zero-order chi connectivity index (χ0) is 14.8. The molecule has 0 bridgehead atoms. The van der Waals surface area contributed by atoms with E-state index in [4.69, 9.17) is 9.15 Å². The average Bonchev–Trinajstić information content (AvgIpc) is 2.89. The van der Waals surface area contributed by atoms with Gasteiger partial charge >= 0.3 is 0 Å². The fraction of sp³-hybridized carbons (Fsp3) is 0.529. The quantitative estimate of drug-likeness (QED) is 0.930. The molecule has 21 heavy (non-hydrogen) atoms. The first-order valence-electron chi connectivity index (χ1n) is 7.76. The van der Waals surface area contributed by atoms with Crippen LogP contribution in [-0.2, 0) is 6.54 Å². The Hall–Kier alpha value is -1.52. The van der Waals surface area contributed by atoms with Gasteiger partial charge in [0.2, 0.25) is 0 Å². The lowest BCUT2D eigenvalue weighted by molar-refractivity contribution is 0.0413. The van der Waals surface area contributed by atoms with Crippen molar-refractivity contribution in [3.63, 3.8) is 0 Å². The molecule has 1 aliphatic heterocycles. The Kier molecular flexibility index (Phi) is 4.17. The number of nitrogens with zero attached hydrogens (tertiary/aromatic N) is 1. The van der Waals surface area contributed by atoms with Crippen LogP contribution in [-0.4, -0.2) is 24.2 Å². The van der Waals surface area contributed by atoms with E-state index in [0.717, 1.165) is 22.5 Å². The minimum absolute atomic E-state index is 0.577. The summed E-state index contributed by atoms with van der Waals surface area (Å²) >= 11 is 0. The van der Waals surface area contributed by atoms with Gasteiger partial charge in [0, 0.05) is 17.5 Å². The summed E-state index contributed by atoms with van der Waals surface area (Å²) in [4.78, 5) is 0. The van der Waals surface area contributed by atoms with Crippen molar-refractivity contribution in [3.8, 4) is 5.75 Å². The van der Waals surface area contributed by atoms with Crippen LogP contribution in [0.5, 0.6) is 5.75 Å². The zero-order valence-corrected chi connectivity index (χ0v) is 13.1. The number of nitrogens with one attached hydrogen (secondary N) is 1. The van der Waals surface area contributed by atoms with Gasteiger partial charge in [-0.25, -0.2) is 10.4 Å². The standard InChI is InChI=1S/C17H24N2O2/c1-12-6-4-7-13(2)19(12)18-11-15-10-14-8-5-9-16(20-3)17(14)21-15/h5,8-10,12-13,18H,4,6-7,11H2,1-3H3. The predicted octanol–water partition coefficient (Wildman–Crippen LogP) is 3.71. The molecule has 2 unspecified atom stereocenters. The highest BCUT2D eigenvalue weighted by Gasteiger charge is 2.24. The third kappa shape index (κ3) is 2.92. The number of hydrazine groups is 1. The van der Waals surface area contributed by atoms with Gasteiger partial charge in [-0.3, -0.25) is 0 Å². The van der Waals surface area contributed by atoms with Crippen LogP contribution in [0, 0.1) is 0 Å². The second-order valence-corrected chi connectivity index (χ2v) is 5.96. The number of ether oxygens (including phenoxy) is 1. The Labute approximate surface area is 126 Å². The maximum atomic E-state index is 5.94. The number of piperidine rings is 1. The summed E-state index contributed by atoms with van der Waals surface area (Å²) in [6.45, 7) is 5.28. The second kappa shape index (κ2) is 6.08. The number of hydrogen-bond acceptors (Lipinski definition) is 4. The summed E-state index contributed by atoms with van der Waals surface area (Å²) in [7, 11) is 1.67. The van der Waals surface area contributed by atoms with E-state index in [0.29, 0.717) is 18.6 Å². The molecule has 1 aromatic heterocycles. The average molecular weight is 288 g/mol. The number of rotatable bonds is 4. The number of hydrogen-bond donors (Lipinski definition) is 1. The van der Waals surface area contributed by atoms with Crippen LogP contribution in [0.25, 0.3) is 11.0 Å². The highest BCUT2D eigenvalue weighted by Crippen LogP contribution is 2.28. The third-order valence-corrected chi connectivity index (χ3v) is 4.41. The van der Waals surface area contributed by atoms with Crippen molar-refractivity contribution in [3.05, 3.63) is 30.0 Å². The molecule has 1 aliphatic rings. The summed E-state index contributed by atoms with van der Waals surface area (Å²) in [5, 5.41) is 3.46. The SMILES string of the molecule is COc1cccc2cc(CNN3C(C)CCCC3C)oc12.